The van der Waals surface area contributed by atoms with Crippen molar-refractivity contribution in [3.63, 3.8) is 0 Å². The van der Waals surface area contributed by atoms with Crippen molar-refractivity contribution in [3.05, 3.63) is 72.2 Å². The lowest BCUT2D eigenvalue weighted by Crippen LogP contribution is -2.09. The summed E-state index contributed by atoms with van der Waals surface area (Å²) in [5, 5.41) is 4.33. The van der Waals surface area contributed by atoms with Gasteiger partial charge in [-0.3, -0.25) is 4.79 Å². The topological polar surface area (TPSA) is 63.6 Å². The first-order valence-corrected chi connectivity index (χ1v) is 7.84. The fourth-order valence-electron chi connectivity index (χ4n) is 2.73. The van der Waals surface area contributed by atoms with E-state index in [1.807, 2.05) is 55.4 Å². The van der Waals surface area contributed by atoms with Gasteiger partial charge in [0.15, 0.2) is 17.2 Å². The van der Waals surface area contributed by atoms with Crippen LogP contribution < -0.4 is 4.90 Å². The van der Waals surface area contributed by atoms with Crippen molar-refractivity contribution in [2.24, 2.45) is 0 Å². The van der Waals surface area contributed by atoms with Gasteiger partial charge in [-0.1, -0.05) is 0 Å². The largest absolute Gasteiger partial charge is 0.463 e. The molecule has 0 N–H and O–H groups in total. The fourth-order valence-corrected chi connectivity index (χ4v) is 2.73. The molecule has 6 nitrogen and oxygen atoms in total. The van der Waals surface area contributed by atoms with Crippen LogP contribution in [0.4, 0.5) is 5.69 Å². The van der Waals surface area contributed by atoms with Gasteiger partial charge in [0.25, 0.3) is 0 Å². The normalized spacial score (nSPS) is 11.0. The Labute approximate surface area is 144 Å². The Balaban J connectivity index is 1.77. The number of hydrogen-bond acceptors (Lipinski definition) is 5. The Kier molecular flexibility index (Phi) is 3.57. The number of benzene rings is 1. The van der Waals surface area contributed by atoms with Crippen molar-refractivity contribution >= 4 is 17.1 Å². The van der Waals surface area contributed by atoms with Gasteiger partial charge in [-0.05, 0) is 42.5 Å². The zero-order valence-corrected chi connectivity index (χ0v) is 13.9. The molecule has 3 aromatic heterocycles. The molecule has 0 spiro atoms. The monoisotopic (exact) mass is 332 g/mol. The van der Waals surface area contributed by atoms with Gasteiger partial charge in [0, 0.05) is 31.5 Å². The molecule has 0 atom stereocenters. The highest BCUT2D eigenvalue weighted by Gasteiger charge is 2.18. The van der Waals surface area contributed by atoms with Gasteiger partial charge >= 0.3 is 0 Å². The molecule has 0 fully saturated rings. The van der Waals surface area contributed by atoms with Crippen molar-refractivity contribution in [2.75, 3.05) is 19.0 Å². The van der Waals surface area contributed by atoms with E-state index in [-0.39, 0.29) is 5.78 Å². The van der Waals surface area contributed by atoms with Crippen molar-refractivity contribution in [1.82, 2.24) is 14.6 Å². The third kappa shape index (κ3) is 2.57. The molecule has 1 aromatic carbocycles. The van der Waals surface area contributed by atoms with Gasteiger partial charge in [0.2, 0.25) is 0 Å². The van der Waals surface area contributed by atoms with Gasteiger partial charge in [-0.25, -0.2) is 9.50 Å². The number of rotatable bonds is 4. The van der Waals surface area contributed by atoms with Crippen LogP contribution in [0, 0.1) is 0 Å². The molecule has 124 valence electrons. The minimum atomic E-state index is -0.107. The Bertz CT molecular complexity index is 1030. The molecule has 0 saturated heterocycles. The number of hydrogen-bond donors (Lipinski definition) is 0. The first-order chi connectivity index (χ1) is 12.1. The molecular weight excluding hydrogens is 316 g/mol. The second kappa shape index (κ2) is 5.90. The van der Waals surface area contributed by atoms with Gasteiger partial charge in [-0.15, -0.1) is 0 Å². The standard InChI is InChI=1S/C19H16N4O2/c1-22(2)14-7-5-13(6-8-14)18(24)15-12-21-23-16(9-10-20-19(15)23)17-4-3-11-25-17/h3-12H,1-2H3. The van der Waals surface area contributed by atoms with Crippen molar-refractivity contribution in [2.45, 2.75) is 0 Å². The number of anilines is 1. The average molecular weight is 332 g/mol. The minimum absolute atomic E-state index is 0.107. The number of nitrogens with zero attached hydrogens (tertiary/aromatic N) is 4. The van der Waals surface area contributed by atoms with Crippen LogP contribution in [-0.4, -0.2) is 34.5 Å². The molecule has 0 radical (unpaired) electrons. The van der Waals surface area contributed by atoms with Crippen LogP contribution in [0.25, 0.3) is 17.1 Å². The molecule has 6 heteroatoms. The summed E-state index contributed by atoms with van der Waals surface area (Å²) in [5.41, 5.74) is 3.36. The van der Waals surface area contributed by atoms with E-state index in [1.165, 1.54) is 0 Å². The maximum Gasteiger partial charge on any atom is 0.198 e. The van der Waals surface area contributed by atoms with Gasteiger partial charge < -0.3 is 9.32 Å². The maximum atomic E-state index is 12.9. The zero-order chi connectivity index (χ0) is 17.4. The van der Waals surface area contributed by atoms with E-state index in [0.29, 0.717) is 22.5 Å². The maximum absolute atomic E-state index is 12.9. The molecule has 0 amide bonds. The van der Waals surface area contributed by atoms with Crippen LogP contribution in [0.15, 0.2) is 65.5 Å². The molecule has 0 bridgehead atoms. The molecule has 4 aromatic rings. The molecule has 0 aliphatic carbocycles. The molecule has 0 unspecified atom stereocenters. The lowest BCUT2D eigenvalue weighted by molar-refractivity contribution is 0.104. The summed E-state index contributed by atoms with van der Waals surface area (Å²) in [6, 6.07) is 12.9. The second-order valence-corrected chi connectivity index (χ2v) is 5.87. The van der Waals surface area contributed by atoms with E-state index in [9.17, 15) is 4.79 Å². The fraction of sp³-hybridized carbons (Fsp3) is 0.105. The van der Waals surface area contributed by atoms with Gasteiger partial charge in [0.1, 0.15) is 5.69 Å². The van der Waals surface area contributed by atoms with Gasteiger partial charge in [0.05, 0.1) is 18.0 Å². The molecule has 0 aliphatic heterocycles. The molecule has 0 aliphatic rings. The smallest absolute Gasteiger partial charge is 0.198 e. The summed E-state index contributed by atoms with van der Waals surface area (Å²) in [5.74, 6) is 0.564. The lowest BCUT2D eigenvalue weighted by atomic mass is 10.1. The summed E-state index contributed by atoms with van der Waals surface area (Å²) in [4.78, 5) is 19.2. The number of carbonyl (C=O) groups excluding carboxylic acids is 1. The van der Waals surface area contributed by atoms with Crippen molar-refractivity contribution < 1.29 is 9.21 Å². The Morgan fingerprint density at radius 3 is 2.60 bits per heavy atom. The minimum Gasteiger partial charge on any atom is -0.463 e. The van der Waals surface area contributed by atoms with Crippen molar-refractivity contribution in [1.29, 1.82) is 0 Å². The zero-order valence-electron chi connectivity index (χ0n) is 13.9. The number of furan rings is 1. The molecule has 3 heterocycles. The second-order valence-electron chi connectivity index (χ2n) is 5.87. The van der Waals surface area contributed by atoms with E-state index >= 15 is 0 Å². The van der Waals surface area contributed by atoms with E-state index in [4.69, 9.17) is 4.42 Å². The van der Waals surface area contributed by atoms with E-state index < -0.39 is 0 Å². The van der Waals surface area contributed by atoms with Crippen molar-refractivity contribution in [3.8, 4) is 11.5 Å². The predicted molar refractivity (Wildman–Crippen MR) is 94.9 cm³/mol. The summed E-state index contributed by atoms with van der Waals surface area (Å²) in [7, 11) is 3.92. The van der Waals surface area contributed by atoms with Crippen LogP contribution in [0.2, 0.25) is 0 Å². The quantitative estimate of drug-likeness (QED) is 0.537. The highest BCUT2D eigenvalue weighted by atomic mass is 16.3. The number of carbonyl (C=O) groups is 1. The van der Waals surface area contributed by atoms with Crippen LogP contribution in [0.5, 0.6) is 0 Å². The summed E-state index contributed by atoms with van der Waals surface area (Å²) >= 11 is 0. The lowest BCUT2D eigenvalue weighted by Gasteiger charge is -2.12. The molecular formula is C19H16N4O2. The Morgan fingerprint density at radius 1 is 1.12 bits per heavy atom. The number of fused-ring (bicyclic) bond motifs is 1. The molecule has 25 heavy (non-hydrogen) atoms. The number of ketones is 1. The first kappa shape index (κ1) is 15.1. The summed E-state index contributed by atoms with van der Waals surface area (Å²) in [6.45, 7) is 0. The van der Waals surface area contributed by atoms with E-state index in [0.717, 1.165) is 11.4 Å². The molecule has 0 saturated carbocycles. The SMILES string of the molecule is CN(C)c1ccc(C(=O)c2cnn3c(-c4ccco4)ccnc23)cc1. The number of aromatic nitrogens is 3. The first-order valence-electron chi connectivity index (χ1n) is 7.84. The third-order valence-electron chi connectivity index (χ3n) is 4.07. The van der Waals surface area contributed by atoms with Crippen LogP contribution in [0.3, 0.4) is 0 Å². The Morgan fingerprint density at radius 2 is 1.92 bits per heavy atom. The molecule has 4 rings (SSSR count). The highest BCUT2D eigenvalue weighted by molar-refractivity contribution is 6.12. The average Bonchev–Trinajstić information content (AvgIpc) is 3.30. The van der Waals surface area contributed by atoms with Gasteiger partial charge in [-0.2, -0.15) is 5.10 Å². The summed E-state index contributed by atoms with van der Waals surface area (Å²) in [6.07, 6.45) is 4.81. The highest BCUT2D eigenvalue weighted by Crippen LogP contribution is 2.23. The van der Waals surface area contributed by atoms with Crippen LogP contribution in [0.1, 0.15) is 15.9 Å². The summed E-state index contributed by atoms with van der Waals surface area (Å²) < 4.78 is 7.06. The predicted octanol–water partition coefficient (Wildman–Crippen LogP) is 3.29. The van der Waals surface area contributed by atoms with Crippen LogP contribution in [-0.2, 0) is 0 Å². The van der Waals surface area contributed by atoms with Crippen LogP contribution >= 0.6 is 0 Å². The third-order valence-corrected chi connectivity index (χ3v) is 4.07. The van der Waals surface area contributed by atoms with E-state index in [1.54, 1.807) is 29.2 Å². The van der Waals surface area contributed by atoms with E-state index in [2.05, 4.69) is 10.1 Å². The Hall–Kier alpha value is -3.41.